The molecular weight excluding hydrogens is 773 g/mol. The number of aliphatic carboxylic acids is 1. The van der Waals surface area contributed by atoms with E-state index in [1.165, 1.54) is 96.3 Å². The Labute approximate surface area is 357 Å². The summed E-state index contributed by atoms with van der Waals surface area (Å²) in [6, 6.07) is -1.53. The van der Waals surface area contributed by atoms with Gasteiger partial charge in [0.25, 0.3) is 0 Å². The van der Waals surface area contributed by atoms with Gasteiger partial charge in [0.2, 0.25) is 0 Å². The number of ketones is 1. The van der Waals surface area contributed by atoms with E-state index in [2.05, 4.69) is 18.4 Å². The summed E-state index contributed by atoms with van der Waals surface area (Å²) in [7, 11) is -4.74. The summed E-state index contributed by atoms with van der Waals surface area (Å²) in [6.45, 7) is 2.63. The number of carbonyl (C=O) groups excluding carboxylic acids is 3. The van der Waals surface area contributed by atoms with Crippen molar-refractivity contribution in [3.63, 3.8) is 0 Å². The van der Waals surface area contributed by atoms with Gasteiger partial charge in [-0.3, -0.25) is 28.2 Å². The zero-order chi connectivity index (χ0) is 43.7. The molecule has 4 N–H and O–H groups in total. The average Bonchev–Trinajstić information content (AvgIpc) is 3.20. The number of esters is 2. The number of phosphoric acid groups is 1. The Morgan fingerprint density at radius 2 is 0.983 bits per heavy atom. The highest BCUT2D eigenvalue weighted by atomic mass is 31.2. The first-order valence-corrected chi connectivity index (χ1v) is 24.8. The molecule has 12 nitrogen and oxygen atoms in total. The van der Waals surface area contributed by atoms with Crippen LogP contribution in [-0.4, -0.2) is 65.7 Å². The number of hydrogen-bond donors (Lipinski definition) is 3. The van der Waals surface area contributed by atoms with E-state index in [1.54, 1.807) is 12.2 Å². The van der Waals surface area contributed by atoms with Crippen LogP contribution in [0.3, 0.4) is 0 Å². The molecule has 0 amide bonds. The SMILES string of the molecule is CCCCCCCCCCCCCCCCCCCCCC(=O)OC[C@H](COP(=O)(O)OC[C@H](N)C(=O)O)OC(=O)CCCCCCC/C=C\C=C\C(=O)CCCCC. The van der Waals surface area contributed by atoms with Gasteiger partial charge < -0.3 is 25.2 Å². The van der Waals surface area contributed by atoms with E-state index in [1.807, 2.05) is 12.2 Å². The van der Waals surface area contributed by atoms with Gasteiger partial charge in [0.1, 0.15) is 12.6 Å². The van der Waals surface area contributed by atoms with Crippen LogP contribution in [0.5, 0.6) is 0 Å². The molecule has 344 valence electrons. The van der Waals surface area contributed by atoms with Crippen LogP contribution in [0.1, 0.15) is 213 Å². The lowest BCUT2D eigenvalue weighted by molar-refractivity contribution is -0.161. The minimum atomic E-state index is -4.74. The predicted octanol–water partition coefficient (Wildman–Crippen LogP) is 11.8. The molecule has 0 fully saturated rings. The van der Waals surface area contributed by atoms with Gasteiger partial charge in [-0.1, -0.05) is 180 Å². The van der Waals surface area contributed by atoms with Gasteiger partial charge in [-0.25, -0.2) is 4.57 Å². The van der Waals surface area contributed by atoms with Crippen LogP contribution in [0.25, 0.3) is 0 Å². The summed E-state index contributed by atoms with van der Waals surface area (Å²) in [6.07, 6.45) is 39.4. The first-order chi connectivity index (χ1) is 28.5. The van der Waals surface area contributed by atoms with Crippen molar-refractivity contribution >= 4 is 31.5 Å². The van der Waals surface area contributed by atoms with Gasteiger partial charge in [0.05, 0.1) is 13.2 Å². The fourth-order valence-corrected chi connectivity index (χ4v) is 7.24. The van der Waals surface area contributed by atoms with Crippen molar-refractivity contribution in [3.8, 4) is 0 Å². The Morgan fingerprint density at radius 1 is 0.559 bits per heavy atom. The number of carboxylic acids is 1. The summed E-state index contributed by atoms with van der Waals surface area (Å²) in [5, 5.41) is 8.89. The molecule has 0 rings (SSSR count). The minimum absolute atomic E-state index is 0.113. The minimum Gasteiger partial charge on any atom is -0.480 e. The number of allylic oxidation sites excluding steroid dienone is 4. The summed E-state index contributed by atoms with van der Waals surface area (Å²) in [5.41, 5.74) is 5.33. The molecule has 0 radical (unpaired) electrons. The second-order valence-corrected chi connectivity index (χ2v) is 17.4. The maximum atomic E-state index is 12.6. The van der Waals surface area contributed by atoms with Crippen LogP contribution < -0.4 is 5.73 Å². The van der Waals surface area contributed by atoms with Gasteiger partial charge in [-0.05, 0) is 38.2 Å². The largest absolute Gasteiger partial charge is 0.480 e. The number of ether oxygens (including phenoxy) is 2. The summed E-state index contributed by atoms with van der Waals surface area (Å²) in [5.74, 6) is -2.28. The molecule has 0 aromatic heterocycles. The smallest absolute Gasteiger partial charge is 0.472 e. The third-order valence-corrected chi connectivity index (χ3v) is 11.1. The molecule has 0 aliphatic rings. The third-order valence-electron chi connectivity index (χ3n) is 10.2. The lowest BCUT2D eigenvalue weighted by atomic mass is 10.0. The standard InChI is InChI=1S/C46H84NO11P/c1-3-5-7-8-9-10-11-12-13-14-15-16-17-18-19-22-25-28-32-36-44(49)55-38-42(39-56-59(53,54)57-40-43(47)46(51)52)58-45(50)37-33-29-26-23-20-21-24-27-31-35-41(48)34-30-6-4-2/h24,27,31,35,42-43H,3-23,25-26,28-30,32-34,36-40,47H2,1-2H3,(H,51,52)(H,53,54)/b27-24-,35-31+/t42-,43+/m1/s1. The van der Waals surface area contributed by atoms with Crippen LogP contribution in [0.2, 0.25) is 0 Å². The van der Waals surface area contributed by atoms with E-state index in [0.29, 0.717) is 19.3 Å². The predicted molar refractivity (Wildman–Crippen MR) is 236 cm³/mol. The maximum Gasteiger partial charge on any atom is 0.472 e. The number of nitrogens with two attached hydrogens (primary N) is 1. The van der Waals surface area contributed by atoms with Crippen LogP contribution in [0.15, 0.2) is 24.3 Å². The molecule has 0 aromatic rings. The number of phosphoric ester groups is 1. The fourth-order valence-electron chi connectivity index (χ4n) is 6.46. The molecule has 0 aliphatic carbocycles. The average molecular weight is 858 g/mol. The van der Waals surface area contributed by atoms with Crippen LogP contribution in [0, 0.1) is 0 Å². The molecule has 0 spiro atoms. The summed E-state index contributed by atoms with van der Waals surface area (Å²) in [4.78, 5) is 57.8. The molecule has 0 heterocycles. The van der Waals surface area contributed by atoms with Crippen molar-refractivity contribution < 1.29 is 52.3 Å². The van der Waals surface area contributed by atoms with Crippen LogP contribution >= 0.6 is 7.82 Å². The fraction of sp³-hybridized carbons (Fsp3) is 0.826. The zero-order valence-corrected chi connectivity index (χ0v) is 38.0. The van der Waals surface area contributed by atoms with Crippen molar-refractivity contribution in [1.29, 1.82) is 0 Å². The maximum absolute atomic E-state index is 12.6. The Hall–Kier alpha value is -2.37. The van der Waals surface area contributed by atoms with E-state index in [-0.39, 0.29) is 25.2 Å². The van der Waals surface area contributed by atoms with E-state index in [0.717, 1.165) is 70.6 Å². The first kappa shape index (κ1) is 56.6. The Kier molecular flexibility index (Phi) is 39.4. The topological polar surface area (TPSA) is 189 Å². The molecule has 0 saturated carbocycles. The highest BCUT2D eigenvalue weighted by Crippen LogP contribution is 2.43. The molecule has 0 saturated heterocycles. The molecule has 59 heavy (non-hydrogen) atoms. The lowest BCUT2D eigenvalue weighted by Gasteiger charge is -2.20. The molecule has 3 atom stereocenters. The number of rotatable bonds is 44. The van der Waals surface area contributed by atoms with Crippen molar-refractivity contribution in [2.24, 2.45) is 5.73 Å². The molecule has 0 aromatic carbocycles. The van der Waals surface area contributed by atoms with Gasteiger partial charge in [-0.2, -0.15) is 0 Å². The molecule has 0 aliphatic heterocycles. The Balaban J connectivity index is 4.33. The van der Waals surface area contributed by atoms with E-state index in [4.69, 9.17) is 24.8 Å². The van der Waals surface area contributed by atoms with E-state index in [9.17, 15) is 28.6 Å². The molecule has 0 bridgehead atoms. The van der Waals surface area contributed by atoms with Crippen LogP contribution in [0.4, 0.5) is 0 Å². The van der Waals surface area contributed by atoms with Crippen molar-refractivity contribution in [3.05, 3.63) is 24.3 Å². The summed E-state index contributed by atoms with van der Waals surface area (Å²) < 4.78 is 32.7. The number of hydrogen-bond acceptors (Lipinski definition) is 10. The second kappa shape index (κ2) is 41.0. The monoisotopic (exact) mass is 858 g/mol. The molecule has 1 unspecified atom stereocenters. The van der Waals surface area contributed by atoms with E-state index >= 15 is 0 Å². The number of carboxylic acid groups (broad SMARTS) is 1. The second-order valence-electron chi connectivity index (χ2n) is 15.9. The quantitative estimate of drug-likeness (QED) is 0.0173. The van der Waals surface area contributed by atoms with Crippen molar-refractivity contribution in [2.45, 2.75) is 225 Å². The third kappa shape index (κ3) is 40.8. The van der Waals surface area contributed by atoms with Gasteiger partial charge in [-0.15, -0.1) is 0 Å². The van der Waals surface area contributed by atoms with E-state index < -0.39 is 51.1 Å². The highest BCUT2D eigenvalue weighted by molar-refractivity contribution is 7.47. The van der Waals surface area contributed by atoms with Crippen molar-refractivity contribution in [1.82, 2.24) is 0 Å². The highest BCUT2D eigenvalue weighted by Gasteiger charge is 2.28. The Bertz CT molecular complexity index is 1160. The van der Waals surface area contributed by atoms with Crippen LogP contribution in [-0.2, 0) is 42.3 Å². The lowest BCUT2D eigenvalue weighted by Crippen LogP contribution is -2.34. The number of unbranched alkanes of at least 4 members (excludes halogenated alkanes) is 25. The van der Waals surface area contributed by atoms with Gasteiger partial charge in [0.15, 0.2) is 11.9 Å². The molecule has 13 heteroatoms. The first-order valence-electron chi connectivity index (χ1n) is 23.3. The van der Waals surface area contributed by atoms with Gasteiger partial charge >= 0.3 is 25.7 Å². The number of carbonyl (C=O) groups is 4. The zero-order valence-electron chi connectivity index (χ0n) is 37.1. The summed E-state index contributed by atoms with van der Waals surface area (Å²) >= 11 is 0. The Morgan fingerprint density at radius 3 is 1.49 bits per heavy atom. The normalized spacial score (nSPS) is 13.8. The molecular formula is C46H84NO11P. The van der Waals surface area contributed by atoms with Crippen molar-refractivity contribution in [2.75, 3.05) is 19.8 Å². The van der Waals surface area contributed by atoms with Gasteiger partial charge in [0, 0.05) is 19.3 Å².